The number of thiophene rings is 1. The van der Waals surface area contributed by atoms with Crippen LogP contribution >= 0.6 is 22.9 Å². The molecule has 1 saturated carbocycles. The van der Waals surface area contributed by atoms with Crippen molar-refractivity contribution in [2.24, 2.45) is 0 Å². The molecule has 6 rings (SSSR count). The van der Waals surface area contributed by atoms with Crippen molar-refractivity contribution < 1.29 is 17.9 Å². The van der Waals surface area contributed by atoms with E-state index in [1.807, 2.05) is 63.2 Å². The number of benzene rings is 2. The smallest absolute Gasteiger partial charge is 0.215 e. The standard InChI is InChI=1S/C29H29ClN2O4S2/c1-28(2)35-17-29(3,36-28)19-13-14-31-24(16-19)22-9-6-7-18-15-25(37-27(18)22)26(21-8-4-5-10-23(21)30)32-38(33,34)20-11-12-20/h4-10,13-16,20,26,32H,11-12,17H2,1-3H3. The number of sulfonamides is 1. The summed E-state index contributed by atoms with van der Waals surface area (Å²) in [7, 11) is -3.47. The Morgan fingerprint density at radius 2 is 1.87 bits per heavy atom. The Morgan fingerprint density at radius 1 is 1.08 bits per heavy atom. The zero-order valence-corrected chi connectivity index (χ0v) is 23.8. The molecule has 0 spiro atoms. The van der Waals surface area contributed by atoms with Crippen LogP contribution in [0.3, 0.4) is 0 Å². The Kier molecular flexibility index (Phi) is 6.41. The van der Waals surface area contributed by atoms with Crippen molar-refractivity contribution in [1.29, 1.82) is 0 Å². The summed E-state index contributed by atoms with van der Waals surface area (Å²) in [5.41, 5.74) is 2.95. The van der Waals surface area contributed by atoms with E-state index in [2.05, 4.69) is 16.9 Å². The summed E-state index contributed by atoms with van der Waals surface area (Å²) in [5, 5.41) is 1.21. The number of rotatable bonds is 7. The van der Waals surface area contributed by atoms with Gasteiger partial charge in [0.05, 0.1) is 23.6 Å². The lowest BCUT2D eigenvalue weighted by molar-refractivity contribution is -0.159. The first-order valence-corrected chi connectivity index (χ1v) is 15.4. The predicted molar refractivity (Wildman–Crippen MR) is 152 cm³/mol. The van der Waals surface area contributed by atoms with Crippen LogP contribution in [0.15, 0.2) is 66.9 Å². The fourth-order valence-electron chi connectivity index (χ4n) is 5.01. The molecule has 0 bridgehead atoms. The van der Waals surface area contributed by atoms with Crippen molar-refractivity contribution in [2.75, 3.05) is 6.61 Å². The summed E-state index contributed by atoms with van der Waals surface area (Å²) in [4.78, 5) is 5.57. The first kappa shape index (κ1) is 25.9. The summed E-state index contributed by atoms with van der Waals surface area (Å²) in [6.07, 6.45) is 3.18. The summed E-state index contributed by atoms with van der Waals surface area (Å²) in [5.74, 6) is -0.650. The van der Waals surface area contributed by atoms with Crippen LogP contribution in [0.2, 0.25) is 5.02 Å². The number of fused-ring (bicyclic) bond motifs is 1. The molecule has 1 N–H and O–H groups in total. The molecule has 0 radical (unpaired) electrons. The number of ether oxygens (including phenoxy) is 2. The molecule has 4 aromatic rings. The van der Waals surface area contributed by atoms with Crippen LogP contribution in [-0.4, -0.2) is 31.0 Å². The molecule has 2 aromatic carbocycles. The molecule has 2 unspecified atom stereocenters. The van der Waals surface area contributed by atoms with Crippen molar-refractivity contribution in [1.82, 2.24) is 9.71 Å². The second-order valence-electron chi connectivity index (χ2n) is 10.6. The second kappa shape index (κ2) is 9.40. The topological polar surface area (TPSA) is 77.5 Å². The van der Waals surface area contributed by atoms with E-state index in [9.17, 15) is 8.42 Å². The van der Waals surface area contributed by atoms with Crippen molar-refractivity contribution in [3.8, 4) is 11.3 Å². The largest absolute Gasteiger partial charge is 0.347 e. The van der Waals surface area contributed by atoms with Crippen LogP contribution in [0, 0.1) is 0 Å². The Morgan fingerprint density at radius 3 is 2.58 bits per heavy atom. The van der Waals surface area contributed by atoms with E-state index in [1.165, 1.54) is 0 Å². The van der Waals surface area contributed by atoms with Crippen molar-refractivity contribution in [3.63, 3.8) is 0 Å². The van der Waals surface area contributed by atoms with Gasteiger partial charge in [0.25, 0.3) is 0 Å². The van der Waals surface area contributed by atoms with E-state index in [-0.39, 0.29) is 5.25 Å². The minimum absolute atomic E-state index is 0.336. The highest BCUT2D eigenvalue weighted by Gasteiger charge is 2.43. The van der Waals surface area contributed by atoms with Gasteiger partial charge in [-0.2, -0.15) is 0 Å². The van der Waals surface area contributed by atoms with Gasteiger partial charge in [0, 0.05) is 26.4 Å². The van der Waals surface area contributed by atoms with E-state index in [4.69, 9.17) is 26.1 Å². The molecule has 2 fully saturated rings. The number of nitrogens with one attached hydrogen (secondary N) is 1. The highest BCUT2D eigenvalue weighted by atomic mass is 35.5. The van der Waals surface area contributed by atoms with Crippen molar-refractivity contribution in [3.05, 3.63) is 87.9 Å². The van der Waals surface area contributed by atoms with Crippen molar-refractivity contribution in [2.45, 2.75) is 56.3 Å². The lowest BCUT2D eigenvalue weighted by Crippen LogP contribution is -2.31. The average Bonchev–Trinajstić information content (AvgIpc) is 3.60. The average molecular weight is 569 g/mol. The summed E-state index contributed by atoms with van der Waals surface area (Å²) in [6, 6.07) is 19.0. The molecule has 3 heterocycles. The monoisotopic (exact) mass is 568 g/mol. The van der Waals surface area contributed by atoms with Crippen molar-refractivity contribution >= 4 is 43.0 Å². The number of aromatic nitrogens is 1. The third-order valence-corrected chi connectivity index (χ3v) is 10.6. The maximum atomic E-state index is 13.0. The van der Waals surface area contributed by atoms with Gasteiger partial charge < -0.3 is 9.47 Å². The Bertz CT molecular complexity index is 1630. The van der Waals surface area contributed by atoms with Crippen LogP contribution in [-0.2, 0) is 25.1 Å². The van der Waals surface area contributed by atoms with E-state index in [1.54, 1.807) is 23.6 Å². The van der Waals surface area contributed by atoms with Crippen LogP contribution in [0.1, 0.15) is 55.7 Å². The second-order valence-corrected chi connectivity index (χ2v) is 14.1. The molecule has 1 aliphatic carbocycles. The zero-order chi connectivity index (χ0) is 26.7. The molecule has 1 saturated heterocycles. The fourth-order valence-corrected chi connectivity index (χ4v) is 8.12. The molecular formula is C29H29ClN2O4S2. The lowest BCUT2D eigenvalue weighted by atomic mass is 9.96. The zero-order valence-electron chi connectivity index (χ0n) is 21.4. The van der Waals surface area contributed by atoms with E-state index in [0.29, 0.717) is 24.5 Å². The van der Waals surface area contributed by atoms with Gasteiger partial charge in [-0.1, -0.05) is 48.0 Å². The molecule has 38 heavy (non-hydrogen) atoms. The van der Waals surface area contributed by atoms with E-state index >= 15 is 0 Å². The molecular weight excluding hydrogens is 540 g/mol. The molecule has 2 atom stereocenters. The summed E-state index contributed by atoms with van der Waals surface area (Å²) < 4.78 is 42.1. The quantitative estimate of drug-likeness (QED) is 0.266. The number of halogens is 1. The van der Waals surface area contributed by atoms with Gasteiger partial charge in [-0.15, -0.1) is 11.3 Å². The summed E-state index contributed by atoms with van der Waals surface area (Å²) in [6.45, 7) is 6.32. The fraction of sp³-hybridized carbons (Fsp3) is 0.345. The molecule has 9 heteroatoms. The number of nitrogens with zero attached hydrogens (tertiary/aromatic N) is 1. The van der Waals surface area contributed by atoms with Crippen LogP contribution in [0.5, 0.6) is 0 Å². The number of pyridine rings is 1. The molecule has 2 aromatic heterocycles. The normalized spacial score (nSPS) is 22.1. The number of hydrogen-bond acceptors (Lipinski definition) is 6. The molecule has 2 aliphatic rings. The third-order valence-electron chi connectivity index (χ3n) is 7.12. The molecule has 0 amide bonds. The SMILES string of the molecule is CC1(C)OCC(C)(c2ccnc(-c3cccc4cc(C(NS(=O)(=O)C5CC5)c5ccccc5Cl)sc34)c2)O1. The van der Waals surface area contributed by atoms with Gasteiger partial charge in [-0.05, 0) is 74.4 Å². The predicted octanol–water partition coefficient (Wildman–Crippen LogP) is 6.79. The molecule has 198 valence electrons. The van der Waals surface area contributed by atoms with Gasteiger partial charge >= 0.3 is 0 Å². The minimum Gasteiger partial charge on any atom is -0.347 e. The van der Waals surface area contributed by atoms with Gasteiger partial charge in [0.2, 0.25) is 10.0 Å². The summed E-state index contributed by atoms with van der Waals surface area (Å²) >= 11 is 8.13. The highest BCUT2D eigenvalue weighted by Crippen LogP contribution is 2.43. The molecule has 1 aliphatic heterocycles. The van der Waals surface area contributed by atoms with Crippen LogP contribution in [0.25, 0.3) is 21.3 Å². The maximum Gasteiger partial charge on any atom is 0.215 e. The molecule has 6 nitrogen and oxygen atoms in total. The first-order chi connectivity index (χ1) is 18.0. The number of hydrogen-bond donors (Lipinski definition) is 1. The van der Waals surface area contributed by atoms with Gasteiger partial charge in [-0.3, -0.25) is 4.98 Å². The minimum atomic E-state index is -3.47. The van der Waals surface area contributed by atoms with E-state index < -0.39 is 27.5 Å². The van der Waals surface area contributed by atoms with Crippen LogP contribution < -0.4 is 4.72 Å². The Hall–Kier alpha value is -2.33. The van der Waals surface area contributed by atoms with Crippen LogP contribution in [0.4, 0.5) is 0 Å². The van der Waals surface area contributed by atoms with Gasteiger partial charge in [0.1, 0.15) is 5.60 Å². The lowest BCUT2D eigenvalue weighted by Gasteiger charge is -2.25. The third kappa shape index (κ3) is 4.90. The van der Waals surface area contributed by atoms with Gasteiger partial charge in [0.15, 0.2) is 5.79 Å². The van der Waals surface area contributed by atoms with Gasteiger partial charge in [-0.25, -0.2) is 13.1 Å². The van der Waals surface area contributed by atoms with E-state index in [0.717, 1.165) is 37.3 Å². The Labute approximate surface area is 232 Å². The maximum absolute atomic E-state index is 13.0. The highest BCUT2D eigenvalue weighted by molar-refractivity contribution is 7.90. The first-order valence-electron chi connectivity index (χ1n) is 12.6. The Balaban J connectivity index is 1.43.